The van der Waals surface area contributed by atoms with Gasteiger partial charge in [0.05, 0.1) is 23.9 Å². The number of nitrogens with zero attached hydrogens (tertiary/aromatic N) is 3. The standard InChI is InChI=1S/C20H19ClFN5O2S/c1-3-16-24-25-20-27(16)26-17(11-8-9-15(29-2)12(21)10-11)18(30-20)19(28)23-14-7-5-4-6-13(14)22/h4-10,17-18,26H,3H2,1-2H3,(H,23,28)/t17-,18-/m1/s1. The van der Waals surface area contributed by atoms with E-state index in [4.69, 9.17) is 16.3 Å². The number of carbonyl (C=O) groups excluding carboxylic acids is 1. The van der Waals surface area contributed by atoms with Gasteiger partial charge < -0.3 is 15.5 Å². The van der Waals surface area contributed by atoms with Crippen molar-refractivity contribution < 1.29 is 13.9 Å². The minimum absolute atomic E-state index is 0.121. The van der Waals surface area contributed by atoms with Crippen molar-refractivity contribution in [3.05, 3.63) is 64.7 Å². The molecule has 2 aromatic carbocycles. The van der Waals surface area contributed by atoms with Crippen molar-refractivity contribution in [2.24, 2.45) is 0 Å². The second kappa shape index (κ2) is 8.53. The van der Waals surface area contributed by atoms with Crippen LogP contribution in [0.4, 0.5) is 10.1 Å². The molecular formula is C20H19ClFN5O2S. The van der Waals surface area contributed by atoms with Crippen molar-refractivity contribution in [1.29, 1.82) is 0 Å². The normalized spacial score (nSPS) is 17.7. The van der Waals surface area contributed by atoms with Gasteiger partial charge in [-0.15, -0.1) is 10.2 Å². The molecular weight excluding hydrogens is 429 g/mol. The van der Waals surface area contributed by atoms with Crippen LogP contribution in [0.15, 0.2) is 47.6 Å². The van der Waals surface area contributed by atoms with E-state index >= 15 is 0 Å². The average Bonchev–Trinajstić information content (AvgIpc) is 3.16. The van der Waals surface area contributed by atoms with Gasteiger partial charge in [0.25, 0.3) is 0 Å². The molecule has 0 fully saturated rings. The SMILES string of the molecule is CCc1nnc2n1N[C@H](c1ccc(OC)c(Cl)c1)[C@H](C(=O)Nc1ccccc1F)S2. The number of rotatable bonds is 5. The first kappa shape index (κ1) is 20.5. The molecule has 7 nitrogen and oxygen atoms in total. The first-order valence-corrected chi connectivity index (χ1v) is 10.5. The van der Waals surface area contributed by atoms with Gasteiger partial charge in [-0.05, 0) is 29.8 Å². The van der Waals surface area contributed by atoms with Crippen LogP contribution in [0.25, 0.3) is 0 Å². The molecule has 156 valence electrons. The number of aromatic nitrogens is 3. The van der Waals surface area contributed by atoms with Gasteiger partial charge in [0, 0.05) is 6.42 Å². The first-order valence-electron chi connectivity index (χ1n) is 9.28. The number of fused-ring (bicyclic) bond motifs is 1. The number of nitrogens with one attached hydrogen (secondary N) is 2. The van der Waals surface area contributed by atoms with Gasteiger partial charge in [0.15, 0.2) is 5.82 Å². The van der Waals surface area contributed by atoms with Gasteiger partial charge in [-0.2, -0.15) is 0 Å². The molecule has 10 heteroatoms. The Hall–Kier alpha value is -2.78. The molecule has 0 spiro atoms. The molecule has 2 heterocycles. The zero-order valence-corrected chi connectivity index (χ0v) is 17.8. The summed E-state index contributed by atoms with van der Waals surface area (Å²) < 4.78 is 21.1. The Kier molecular flexibility index (Phi) is 5.83. The first-order chi connectivity index (χ1) is 14.5. The van der Waals surface area contributed by atoms with Gasteiger partial charge in [-0.25, -0.2) is 9.07 Å². The largest absolute Gasteiger partial charge is 0.495 e. The van der Waals surface area contributed by atoms with Gasteiger partial charge in [0.1, 0.15) is 16.8 Å². The van der Waals surface area contributed by atoms with E-state index in [9.17, 15) is 9.18 Å². The maximum atomic E-state index is 14.1. The van der Waals surface area contributed by atoms with Crippen molar-refractivity contribution >= 4 is 35.0 Å². The van der Waals surface area contributed by atoms with Gasteiger partial charge in [-0.3, -0.25) is 4.79 Å². The number of anilines is 1. The molecule has 0 bridgehead atoms. The molecule has 4 rings (SSSR count). The van der Waals surface area contributed by atoms with Crippen LogP contribution in [-0.4, -0.2) is 33.1 Å². The quantitative estimate of drug-likeness (QED) is 0.614. The van der Waals surface area contributed by atoms with Crippen LogP contribution in [-0.2, 0) is 11.2 Å². The van der Waals surface area contributed by atoms with Crippen molar-refractivity contribution in [2.75, 3.05) is 17.9 Å². The van der Waals surface area contributed by atoms with Crippen molar-refractivity contribution in [3.63, 3.8) is 0 Å². The van der Waals surface area contributed by atoms with E-state index < -0.39 is 17.1 Å². The predicted octanol–water partition coefficient (Wildman–Crippen LogP) is 4.04. The summed E-state index contributed by atoms with van der Waals surface area (Å²) in [5.41, 5.74) is 4.23. The molecule has 0 radical (unpaired) electrons. The molecule has 0 unspecified atom stereocenters. The summed E-state index contributed by atoms with van der Waals surface area (Å²) in [5.74, 6) is 0.424. The topological polar surface area (TPSA) is 81.1 Å². The second-order valence-corrected chi connectivity index (χ2v) is 8.11. The fourth-order valence-electron chi connectivity index (χ4n) is 3.22. The van der Waals surface area contributed by atoms with Crippen LogP contribution >= 0.6 is 23.4 Å². The highest BCUT2D eigenvalue weighted by atomic mass is 35.5. The number of methoxy groups -OCH3 is 1. The van der Waals surface area contributed by atoms with E-state index in [1.165, 1.54) is 31.0 Å². The van der Waals surface area contributed by atoms with Gasteiger partial charge in [-0.1, -0.05) is 48.5 Å². The minimum atomic E-state index is -0.643. The van der Waals surface area contributed by atoms with E-state index in [0.29, 0.717) is 22.3 Å². The molecule has 1 aliphatic heterocycles. The highest BCUT2D eigenvalue weighted by molar-refractivity contribution is 8.00. The molecule has 30 heavy (non-hydrogen) atoms. The van der Waals surface area contributed by atoms with E-state index in [0.717, 1.165) is 11.4 Å². The number of hydrogen-bond donors (Lipinski definition) is 2. The van der Waals surface area contributed by atoms with Crippen LogP contribution in [0.3, 0.4) is 0 Å². The minimum Gasteiger partial charge on any atom is -0.495 e. The molecule has 2 N–H and O–H groups in total. The molecule has 1 aliphatic rings. The summed E-state index contributed by atoms with van der Waals surface area (Å²) in [6, 6.07) is 10.9. The van der Waals surface area contributed by atoms with E-state index in [2.05, 4.69) is 20.9 Å². The zero-order valence-electron chi connectivity index (χ0n) is 16.2. The monoisotopic (exact) mass is 447 g/mol. The number of para-hydroxylation sites is 1. The second-order valence-electron chi connectivity index (χ2n) is 6.60. The third-order valence-corrected chi connectivity index (χ3v) is 6.26. The summed E-state index contributed by atoms with van der Waals surface area (Å²) in [5, 5.41) is 11.4. The smallest absolute Gasteiger partial charge is 0.240 e. The Morgan fingerprint density at radius 1 is 1.33 bits per heavy atom. The average molecular weight is 448 g/mol. The number of hydrogen-bond acceptors (Lipinski definition) is 6. The Labute approximate surface area is 181 Å². The maximum Gasteiger partial charge on any atom is 0.240 e. The molecule has 1 amide bonds. The van der Waals surface area contributed by atoms with Crippen molar-refractivity contribution in [3.8, 4) is 5.75 Å². The predicted molar refractivity (Wildman–Crippen MR) is 114 cm³/mol. The van der Waals surface area contributed by atoms with Crippen molar-refractivity contribution in [2.45, 2.75) is 29.8 Å². The Bertz CT molecular complexity index is 1090. The lowest BCUT2D eigenvalue weighted by Crippen LogP contribution is -2.41. The van der Waals surface area contributed by atoms with Crippen LogP contribution in [0.5, 0.6) is 5.75 Å². The molecule has 1 aromatic heterocycles. The lowest BCUT2D eigenvalue weighted by Gasteiger charge is -2.33. The van der Waals surface area contributed by atoms with Crippen LogP contribution in [0, 0.1) is 5.82 Å². The lowest BCUT2D eigenvalue weighted by atomic mass is 10.0. The molecule has 0 aliphatic carbocycles. The maximum absolute atomic E-state index is 14.1. The number of thioether (sulfide) groups is 1. The van der Waals surface area contributed by atoms with Crippen molar-refractivity contribution in [1.82, 2.24) is 14.9 Å². The third kappa shape index (κ3) is 3.82. The zero-order chi connectivity index (χ0) is 21.3. The number of amides is 1. The number of halogens is 2. The summed E-state index contributed by atoms with van der Waals surface area (Å²) in [7, 11) is 1.54. The number of ether oxygens (including phenoxy) is 1. The number of benzene rings is 2. The fourth-order valence-corrected chi connectivity index (χ4v) is 4.59. The number of carbonyl (C=O) groups is 1. The Morgan fingerprint density at radius 3 is 2.83 bits per heavy atom. The summed E-state index contributed by atoms with van der Waals surface area (Å²) >= 11 is 7.59. The van der Waals surface area contributed by atoms with Crippen LogP contribution in [0.1, 0.15) is 24.4 Å². The Morgan fingerprint density at radius 2 is 2.13 bits per heavy atom. The third-order valence-electron chi connectivity index (χ3n) is 4.75. The van der Waals surface area contributed by atoms with E-state index in [1.807, 2.05) is 13.0 Å². The number of aryl methyl sites for hydroxylation is 1. The molecule has 0 saturated heterocycles. The molecule has 3 aromatic rings. The van der Waals surface area contributed by atoms with Crippen LogP contribution in [0.2, 0.25) is 5.02 Å². The van der Waals surface area contributed by atoms with E-state index in [-0.39, 0.29) is 11.6 Å². The highest BCUT2D eigenvalue weighted by Crippen LogP contribution is 2.39. The summed E-state index contributed by atoms with van der Waals surface area (Å²) in [4.78, 5) is 13.1. The Balaban J connectivity index is 1.70. The highest BCUT2D eigenvalue weighted by Gasteiger charge is 2.38. The lowest BCUT2D eigenvalue weighted by molar-refractivity contribution is -0.116. The molecule has 2 atom stereocenters. The summed E-state index contributed by atoms with van der Waals surface area (Å²) in [6.07, 6.45) is 0.669. The summed E-state index contributed by atoms with van der Waals surface area (Å²) in [6.45, 7) is 1.97. The fraction of sp³-hybridized carbons (Fsp3) is 0.250. The van der Waals surface area contributed by atoms with E-state index in [1.54, 1.807) is 28.9 Å². The van der Waals surface area contributed by atoms with Gasteiger partial charge >= 0.3 is 0 Å². The van der Waals surface area contributed by atoms with Gasteiger partial charge in [0.2, 0.25) is 11.1 Å². The molecule has 0 saturated carbocycles. The van der Waals surface area contributed by atoms with Crippen LogP contribution < -0.4 is 15.5 Å².